The Bertz CT molecular complexity index is 200. The van der Waals surface area contributed by atoms with Crippen molar-refractivity contribution in [2.75, 3.05) is 20.4 Å². The monoisotopic (exact) mass is 252 g/mol. The molecule has 0 rings (SSSR count). The van der Waals surface area contributed by atoms with Gasteiger partial charge in [-0.05, 0) is 6.42 Å². The highest BCUT2D eigenvalue weighted by atomic mass is 31.2. The van der Waals surface area contributed by atoms with Crippen LogP contribution in [0.4, 0.5) is 0 Å². The van der Waals surface area contributed by atoms with Gasteiger partial charge in [-0.3, -0.25) is 4.57 Å². The van der Waals surface area contributed by atoms with E-state index in [1.54, 1.807) is 0 Å². The molecule has 0 spiro atoms. The van der Waals surface area contributed by atoms with Crippen molar-refractivity contribution in [2.45, 2.75) is 51.6 Å². The molecule has 0 aromatic carbocycles. The molecule has 1 N–H and O–H groups in total. The van der Waals surface area contributed by atoms with E-state index in [4.69, 9.17) is 9.05 Å². The quantitative estimate of drug-likeness (QED) is 0.479. The summed E-state index contributed by atoms with van der Waals surface area (Å²) in [5.41, 5.74) is 0. The highest BCUT2D eigenvalue weighted by molar-refractivity contribution is 7.53. The predicted octanol–water partition coefficient (Wildman–Crippen LogP) is 3.19. The molecular formula is C11H25O4P. The van der Waals surface area contributed by atoms with E-state index < -0.39 is 13.7 Å². The molecule has 1 unspecified atom stereocenters. The molecule has 1 atom stereocenters. The maximum absolute atomic E-state index is 11.7. The first-order valence-electron chi connectivity index (χ1n) is 5.96. The Balaban J connectivity index is 3.65. The Morgan fingerprint density at radius 3 is 2.19 bits per heavy atom. The van der Waals surface area contributed by atoms with Gasteiger partial charge in [-0.15, -0.1) is 0 Å². The molecule has 0 aliphatic heterocycles. The van der Waals surface area contributed by atoms with Gasteiger partial charge in [0.2, 0.25) is 0 Å². The first kappa shape index (κ1) is 16.1. The number of rotatable bonds is 10. The van der Waals surface area contributed by atoms with Crippen LogP contribution in [0.1, 0.15) is 45.4 Å². The maximum atomic E-state index is 11.7. The third-order valence-electron chi connectivity index (χ3n) is 2.63. The van der Waals surface area contributed by atoms with E-state index in [0.29, 0.717) is 6.42 Å². The zero-order chi connectivity index (χ0) is 12.4. The van der Waals surface area contributed by atoms with Gasteiger partial charge in [0.15, 0.2) is 0 Å². The van der Waals surface area contributed by atoms with Crippen LogP contribution in [0.2, 0.25) is 0 Å². The molecule has 0 amide bonds. The summed E-state index contributed by atoms with van der Waals surface area (Å²) in [7, 11) is -0.358. The van der Waals surface area contributed by atoms with Gasteiger partial charge in [0.05, 0.1) is 12.3 Å². The van der Waals surface area contributed by atoms with Crippen LogP contribution >= 0.6 is 7.60 Å². The van der Waals surface area contributed by atoms with Crippen LogP contribution in [-0.4, -0.2) is 31.6 Å². The molecule has 0 bridgehead atoms. The maximum Gasteiger partial charge on any atom is 0.332 e. The van der Waals surface area contributed by atoms with Crippen molar-refractivity contribution in [1.29, 1.82) is 0 Å². The summed E-state index contributed by atoms with van der Waals surface area (Å²) in [4.78, 5) is 0. The Labute approximate surface area is 98.9 Å². The average Bonchev–Trinajstić information content (AvgIpc) is 2.28. The molecule has 0 aromatic rings. The zero-order valence-corrected chi connectivity index (χ0v) is 11.5. The van der Waals surface area contributed by atoms with Crippen molar-refractivity contribution < 1.29 is 18.7 Å². The lowest BCUT2D eigenvalue weighted by molar-refractivity contribution is 0.168. The normalized spacial score (nSPS) is 14.0. The van der Waals surface area contributed by atoms with E-state index in [2.05, 4.69) is 6.92 Å². The van der Waals surface area contributed by atoms with Crippen LogP contribution < -0.4 is 0 Å². The molecule has 5 heteroatoms. The molecule has 0 aliphatic rings. The highest BCUT2D eigenvalue weighted by Gasteiger charge is 2.25. The van der Waals surface area contributed by atoms with Gasteiger partial charge < -0.3 is 14.2 Å². The van der Waals surface area contributed by atoms with Crippen molar-refractivity contribution in [3.05, 3.63) is 0 Å². The zero-order valence-electron chi connectivity index (χ0n) is 10.6. The minimum absolute atomic E-state index is 0.0910. The molecule has 0 radical (unpaired) electrons. The lowest BCUT2D eigenvalue weighted by Crippen LogP contribution is -2.14. The first-order valence-corrected chi connectivity index (χ1v) is 7.69. The van der Waals surface area contributed by atoms with Crippen molar-refractivity contribution in [3.8, 4) is 0 Å². The van der Waals surface area contributed by atoms with Crippen LogP contribution in [0, 0.1) is 0 Å². The molecular weight excluding hydrogens is 227 g/mol. The average molecular weight is 252 g/mol. The second kappa shape index (κ2) is 9.17. The molecule has 16 heavy (non-hydrogen) atoms. The van der Waals surface area contributed by atoms with Crippen molar-refractivity contribution in [2.24, 2.45) is 0 Å². The molecule has 0 aromatic heterocycles. The number of aliphatic hydroxyl groups excluding tert-OH is 1. The molecule has 0 saturated carbocycles. The second-order valence-corrected chi connectivity index (χ2v) is 6.33. The topological polar surface area (TPSA) is 55.8 Å². The van der Waals surface area contributed by atoms with Crippen LogP contribution in [0.3, 0.4) is 0 Å². The standard InChI is InChI=1S/C11H25O4P/c1-4-5-6-7-8-9-11(12)10-16(13,14-2)15-3/h11-12H,4-10H2,1-3H3. The van der Waals surface area contributed by atoms with Crippen LogP contribution in [0.5, 0.6) is 0 Å². The Morgan fingerprint density at radius 2 is 1.69 bits per heavy atom. The Kier molecular flexibility index (Phi) is 9.24. The van der Waals surface area contributed by atoms with Gasteiger partial charge in [-0.25, -0.2) is 0 Å². The van der Waals surface area contributed by atoms with Crippen LogP contribution in [0.15, 0.2) is 0 Å². The molecule has 98 valence electrons. The van der Waals surface area contributed by atoms with Gasteiger partial charge in [-0.2, -0.15) is 0 Å². The summed E-state index contributed by atoms with van der Waals surface area (Å²) in [5, 5.41) is 9.67. The lowest BCUT2D eigenvalue weighted by Gasteiger charge is -2.17. The largest absolute Gasteiger partial charge is 0.392 e. The van der Waals surface area contributed by atoms with Gasteiger partial charge in [0, 0.05) is 14.2 Å². The molecule has 4 nitrogen and oxygen atoms in total. The number of unbranched alkanes of at least 4 members (excludes halogenated alkanes) is 4. The fraction of sp³-hybridized carbons (Fsp3) is 1.00. The summed E-state index contributed by atoms with van der Waals surface area (Å²) in [6.07, 6.45) is 5.91. The molecule has 0 heterocycles. The van der Waals surface area contributed by atoms with E-state index in [1.165, 1.54) is 33.5 Å². The fourth-order valence-corrected chi connectivity index (χ4v) is 2.70. The van der Waals surface area contributed by atoms with Gasteiger partial charge in [0.25, 0.3) is 0 Å². The predicted molar refractivity (Wildman–Crippen MR) is 65.9 cm³/mol. The number of aliphatic hydroxyl groups is 1. The molecule has 0 saturated heterocycles. The van der Waals surface area contributed by atoms with Gasteiger partial charge in [-0.1, -0.05) is 39.0 Å². The van der Waals surface area contributed by atoms with Gasteiger partial charge >= 0.3 is 7.60 Å². The van der Waals surface area contributed by atoms with Crippen LogP contribution in [0.25, 0.3) is 0 Å². The smallest absolute Gasteiger partial charge is 0.332 e. The van der Waals surface area contributed by atoms with E-state index in [-0.39, 0.29) is 6.16 Å². The number of hydrogen-bond donors (Lipinski definition) is 1. The third kappa shape index (κ3) is 7.39. The van der Waals surface area contributed by atoms with Crippen LogP contribution in [-0.2, 0) is 13.6 Å². The molecule has 0 fully saturated rings. The SMILES string of the molecule is CCCCCCCC(O)CP(=O)(OC)OC. The second-order valence-electron chi connectivity index (χ2n) is 4.02. The van der Waals surface area contributed by atoms with Crippen molar-refractivity contribution in [1.82, 2.24) is 0 Å². The summed E-state index contributed by atoms with van der Waals surface area (Å²) in [6, 6.07) is 0. The van der Waals surface area contributed by atoms with Crippen molar-refractivity contribution in [3.63, 3.8) is 0 Å². The summed E-state index contributed by atoms with van der Waals surface area (Å²) < 4.78 is 21.2. The summed E-state index contributed by atoms with van der Waals surface area (Å²) in [5.74, 6) is 0. The summed E-state index contributed by atoms with van der Waals surface area (Å²) >= 11 is 0. The highest BCUT2D eigenvalue weighted by Crippen LogP contribution is 2.47. The third-order valence-corrected chi connectivity index (χ3v) is 4.61. The Hall–Kier alpha value is 0.110. The van der Waals surface area contributed by atoms with E-state index in [9.17, 15) is 9.67 Å². The lowest BCUT2D eigenvalue weighted by atomic mass is 10.1. The fourth-order valence-electron chi connectivity index (χ4n) is 1.56. The van der Waals surface area contributed by atoms with E-state index in [0.717, 1.165) is 12.8 Å². The summed E-state index contributed by atoms with van der Waals surface area (Å²) in [6.45, 7) is 2.17. The Morgan fingerprint density at radius 1 is 1.12 bits per heavy atom. The van der Waals surface area contributed by atoms with E-state index >= 15 is 0 Å². The number of hydrogen-bond acceptors (Lipinski definition) is 4. The van der Waals surface area contributed by atoms with Gasteiger partial charge in [0.1, 0.15) is 0 Å². The minimum Gasteiger partial charge on any atom is -0.392 e. The van der Waals surface area contributed by atoms with E-state index in [1.807, 2.05) is 0 Å². The van der Waals surface area contributed by atoms with Crippen molar-refractivity contribution >= 4 is 7.60 Å². The minimum atomic E-state index is -3.05. The molecule has 0 aliphatic carbocycles. The first-order chi connectivity index (χ1) is 7.58.